The lowest BCUT2D eigenvalue weighted by Crippen LogP contribution is -2.11. The van der Waals surface area contributed by atoms with Crippen LogP contribution in [0, 0.1) is 0 Å². The summed E-state index contributed by atoms with van der Waals surface area (Å²) in [6.45, 7) is 4.07. The van der Waals surface area contributed by atoms with Crippen molar-refractivity contribution in [1.29, 1.82) is 0 Å². The summed E-state index contributed by atoms with van der Waals surface area (Å²) in [6, 6.07) is 9.93. The van der Waals surface area contributed by atoms with Crippen LogP contribution in [0.25, 0.3) is 0 Å². The maximum Gasteiger partial charge on any atom is 0.340 e. The van der Waals surface area contributed by atoms with Crippen LogP contribution in [0.4, 0.5) is 0 Å². The molecule has 0 aliphatic heterocycles. The van der Waals surface area contributed by atoms with Crippen molar-refractivity contribution in [2.24, 2.45) is 0 Å². The maximum absolute atomic E-state index is 12.3. The van der Waals surface area contributed by atoms with Gasteiger partial charge in [-0.25, -0.2) is 4.98 Å². The molecule has 0 saturated heterocycles. The molecule has 2 rings (SSSR count). The van der Waals surface area contributed by atoms with E-state index in [1.807, 2.05) is 26.0 Å². The highest BCUT2D eigenvalue weighted by atomic mass is 35.5. The van der Waals surface area contributed by atoms with Crippen molar-refractivity contribution >= 4 is 21.7 Å². The van der Waals surface area contributed by atoms with Crippen LogP contribution < -0.4 is 4.18 Å². The van der Waals surface area contributed by atoms with Crippen molar-refractivity contribution in [3.8, 4) is 5.75 Å². The van der Waals surface area contributed by atoms with E-state index in [1.54, 1.807) is 12.1 Å². The zero-order valence-corrected chi connectivity index (χ0v) is 13.4. The maximum atomic E-state index is 12.3. The van der Waals surface area contributed by atoms with Crippen LogP contribution in [0.1, 0.15) is 31.7 Å². The Hall–Kier alpha value is -1.59. The Labute approximate surface area is 129 Å². The second kappa shape index (κ2) is 6.45. The minimum absolute atomic E-state index is 0.0224. The monoisotopic (exact) mass is 325 g/mol. The van der Waals surface area contributed by atoms with Gasteiger partial charge in [0.1, 0.15) is 15.8 Å². The Morgan fingerprint density at radius 3 is 2.57 bits per heavy atom. The van der Waals surface area contributed by atoms with E-state index in [1.165, 1.54) is 18.3 Å². The molecule has 0 N–H and O–H groups in total. The molecule has 0 saturated carbocycles. The van der Waals surface area contributed by atoms with Gasteiger partial charge >= 0.3 is 10.1 Å². The summed E-state index contributed by atoms with van der Waals surface area (Å²) in [4.78, 5) is 3.74. The van der Waals surface area contributed by atoms with E-state index in [2.05, 4.69) is 4.98 Å². The molecule has 0 fully saturated rings. The van der Waals surface area contributed by atoms with Gasteiger partial charge in [0, 0.05) is 0 Å². The molecule has 6 heteroatoms. The number of aromatic nitrogens is 1. The van der Waals surface area contributed by atoms with Gasteiger partial charge in [0.15, 0.2) is 0 Å². The van der Waals surface area contributed by atoms with Crippen molar-refractivity contribution in [1.82, 2.24) is 4.98 Å². The molecule has 0 spiro atoms. The summed E-state index contributed by atoms with van der Waals surface area (Å²) in [5, 5.41) is 0.231. The zero-order chi connectivity index (χ0) is 15.5. The molecule has 1 aromatic heterocycles. The lowest BCUT2D eigenvalue weighted by Gasteiger charge is -2.15. The predicted molar refractivity (Wildman–Crippen MR) is 82.2 cm³/mol. The Balaban J connectivity index is 2.35. The van der Waals surface area contributed by atoms with Gasteiger partial charge in [0.2, 0.25) is 0 Å². The number of rotatable bonds is 5. The number of halogens is 1. The van der Waals surface area contributed by atoms with Gasteiger partial charge in [-0.1, -0.05) is 43.6 Å². The molecule has 0 aliphatic carbocycles. The Morgan fingerprint density at radius 1 is 1.24 bits per heavy atom. The summed E-state index contributed by atoms with van der Waals surface area (Å²) < 4.78 is 29.8. The molecule has 0 radical (unpaired) electrons. The fourth-order valence-electron chi connectivity index (χ4n) is 1.86. The number of benzene rings is 1. The lowest BCUT2D eigenvalue weighted by atomic mass is 9.98. The Kier molecular flexibility index (Phi) is 4.85. The third-order valence-corrected chi connectivity index (χ3v) is 4.69. The molecule has 4 nitrogen and oxygen atoms in total. The van der Waals surface area contributed by atoms with Crippen molar-refractivity contribution in [2.75, 3.05) is 0 Å². The average molecular weight is 326 g/mol. The second-order valence-corrected chi connectivity index (χ2v) is 6.63. The molecule has 1 atom stereocenters. The van der Waals surface area contributed by atoms with Gasteiger partial charge in [0.05, 0.1) is 6.20 Å². The third-order valence-electron chi connectivity index (χ3n) is 3.25. The van der Waals surface area contributed by atoms with Gasteiger partial charge in [-0.2, -0.15) is 8.42 Å². The van der Waals surface area contributed by atoms with Crippen LogP contribution in [0.2, 0.25) is 5.15 Å². The quantitative estimate of drug-likeness (QED) is 0.615. The fraction of sp³-hybridized carbons (Fsp3) is 0.267. The smallest absolute Gasteiger partial charge is 0.340 e. The highest BCUT2D eigenvalue weighted by Gasteiger charge is 2.20. The van der Waals surface area contributed by atoms with Crippen LogP contribution in [-0.4, -0.2) is 13.4 Å². The van der Waals surface area contributed by atoms with E-state index < -0.39 is 10.1 Å². The molecule has 112 valence electrons. The van der Waals surface area contributed by atoms with E-state index in [0.29, 0.717) is 5.75 Å². The predicted octanol–water partition coefficient (Wildman–Crippen LogP) is 4.02. The van der Waals surface area contributed by atoms with E-state index in [-0.39, 0.29) is 16.0 Å². The van der Waals surface area contributed by atoms with Crippen molar-refractivity contribution in [2.45, 2.75) is 31.1 Å². The van der Waals surface area contributed by atoms with Gasteiger partial charge in [-0.3, -0.25) is 0 Å². The average Bonchev–Trinajstić information content (AvgIpc) is 2.47. The first-order valence-electron chi connectivity index (χ1n) is 6.59. The SMILES string of the molecule is CCC(C)c1ccccc1OS(=O)(=O)c1ccc(Cl)nc1. The summed E-state index contributed by atoms with van der Waals surface area (Å²) in [7, 11) is -3.92. The van der Waals surface area contributed by atoms with Crippen LogP contribution in [0.5, 0.6) is 5.75 Å². The second-order valence-electron chi connectivity index (χ2n) is 4.70. The molecule has 1 heterocycles. The Bertz CT molecular complexity index is 714. The van der Waals surface area contributed by atoms with E-state index in [4.69, 9.17) is 15.8 Å². The Morgan fingerprint density at radius 2 is 1.95 bits per heavy atom. The molecule has 1 aromatic carbocycles. The van der Waals surface area contributed by atoms with Gasteiger partial charge in [0.25, 0.3) is 0 Å². The standard InChI is InChI=1S/C15H16ClNO3S/c1-3-11(2)13-6-4-5-7-14(13)20-21(18,19)12-8-9-15(16)17-10-12/h4-11H,3H2,1-2H3. The lowest BCUT2D eigenvalue weighted by molar-refractivity contribution is 0.479. The molecular formula is C15H16ClNO3S. The van der Waals surface area contributed by atoms with Gasteiger partial charge in [-0.05, 0) is 36.1 Å². The number of para-hydroxylation sites is 1. The normalized spacial score (nSPS) is 12.9. The van der Waals surface area contributed by atoms with Crippen molar-refractivity contribution in [3.05, 3.63) is 53.3 Å². The summed E-state index contributed by atoms with van der Waals surface area (Å²) in [6.07, 6.45) is 2.08. The number of hydrogen-bond donors (Lipinski definition) is 0. The number of pyridine rings is 1. The minimum Gasteiger partial charge on any atom is -0.379 e. The molecule has 1 unspecified atom stereocenters. The van der Waals surface area contributed by atoms with E-state index in [9.17, 15) is 8.42 Å². The van der Waals surface area contributed by atoms with Crippen LogP contribution in [0.3, 0.4) is 0 Å². The summed E-state index contributed by atoms with van der Waals surface area (Å²) in [5.41, 5.74) is 0.866. The molecule has 0 amide bonds. The molecule has 0 aliphatic rings. The summed E-state index contributed by atoms with van der Waals surface area (Å²) in [5.74, 6) is 0.557. The number of nitrogens with zero attached hydrogens (tertiary/aromatic N) is 1. The largest absolute Gasteiger partial charge is 0.379 e. The van der Waals surface area contributed by atoms with Gasteiger partial charge < -0.3 is 4.18 Å². The fourth-order valence-corrected chi connectivity index (χ4v) is 2.87. The van der Waals surface area contributed by atoms with E-state index in [0.717, 1.165) is 12.0 Å². The topological polar surface area (TPSA) is 56.3 Å². The zero-order valence-electron chi connectivity index (χ0n) is 11.8. The number of hydrogen-bond acceptors (Lipinski definition) is 4. The first-order valence-corrected chi connectivity index (χ1v) is 8.37. The minimum atomic E-state index is -3.92. The van der Waals surface area contributed by atoms with E-state index >= 15 is 0 Å². The molecular weight excluding hydrogens is 310 g/mol. The first kappa shape index (κ1) is 15.8. The highest BCUT2D eigenvalue weighted by Crippen LogP contribution is 2.30. The highest BCUT2D eigenvalue weighted by molar-refractivity contribution is 7.87. The van der Waals surface area contributed by atoms with Crippen LogP contribution in [0.15, 0.2) is 47.5 Å². The van der Waals surface area contributed by atoms with Crippen LogP contribution >= 0.6 is 11.6 Å². The molecule has 21 heavy (non-hydrogen) atoms. The summed E-state index contributed by atoms with van der Waals surface area (Å²) >= 11 is 5.66. The van der Waals surface area contributed by atoms with Crippen molar-refractivity contribution in [3.63, 3.8) is 0 Å². The van der Waals surface area contributed by atoms with Crippen molar-refractivity contribution < 1.29 is 12.6 Å². The molecule has 0 bridgehead atoms. The molecule has 2 aromatic rings. The van der Waals surface area contributed by atoms with Crippen LogP contribution in [-0.2, 0) is 10.1 Å². The third kappa shape index (κ3) is 3.74. The first-order chi connectivity index (χ1) is 9.94. The van der Waals surface area contributed by atoms with Gasteiger partial charge in [-0.15, -0.1) is 0 Å².